The Morgan fingerprint density at radius 1 is 1.75 bits per heavy atom. The molecule has 1 aliphatic heterocycles. The van der Waals surface area contributed by atoms with E-state index >= 15 is 0 Å². The maximum absolute atomic E-state index is 11.5. The molecule has 0 saturated carbocycles. The molecular formula is C7H15N3OS+. The minimum absolute atomic E-state index is 0.0241. The minimum Gasteiger partial charge on any atom is -0.212 e. The van der Waals surface area contributed by atoms with E-state index in [1.807, 2.05) is 13.8 Å². The maximum Gasteiger partial charge on any atom is 0.226 e. The van der Waals surface area contributed by atoms with Gasteiger partial charge in [-0.1, -0.05) is 0 Å². The highest BCUT2D eigenvalue weighted by Crippen LogP contribution is 2.36. The summed E-state index contributed by atoms with van der Waals surface area (Å²) in [5.74, 6) is 5.07. The van der Waals surface area contributed by atoms with Crippen LogP contribution in [-0.4, -0.2) is 21.5 Å². The highest BCUT2D eigenvalue weighted by atomic mass is 32.2. The number of hydrazine groups is 1. The lowest BCUT2D eigenvalue weighted by Gasteiger charge is -2.25. The number of hydroxylamine groups is 2. The van der Waals surface area contributed by atoms with Gasteiger partial charge >= 0.3 is 0 Å². The van der Waals surface area contributed by atoms with Crippen LogP contribution in [0.25, 0.3) is 0 Å². The predicted octanol–water partition coefficient (Wildman–Crippen LogP) is -0.752. The van der Waals surface area contributed by atoms with E-state index in [-0.39, 0.29) is 10.9 Å². The lowest BCUT2D eigenvalue weighted by molar-refractivity contribution is -0.461. The first-order valence-corrected chi connectivity index (χ1v) is 4.92. The molecule has 1 heterocycles. The number of nitrogens with two attached hydrogens (primary N) is 1. The Kier molecular flexibility index (Phi) is 2.98. The molecule has 5 heteroatoms. The Labute approximate surface area is 76.8 Å². The summed E-state index contributed by atoms with van der Waals surface area (Å²) >= 11 is 1.45. The van der Waals surface area contributed by atoms with Crippen LogP contribution in [0, 0.1) is 0 Å². The molecule has 1 saturated heterocycles. The monoisotopic (exact) mass is 189 g/mol. The van der Waals surface area contributed by atoms with E-state index in [1.165, 1.54) is 11.8 Å². The molecule has 69 valence electrons. The first-order chi connectivity index (χ1) is 5.58. The summed E-state index contributed by atoms with van der Waals surface area (Å²) in [5, 5.41) is 15.1. The quantitative estimate of drug-likeness (QED) is 0.260. The third-order valence-corrected chi connectivity index (χ3v) is 3.17. The van der Waals surface area contributed by atoms with Gasteiger partial charge in [0.15, 0.2) is 0 Å². The zero-order valence-electron chi connectivity index (χ0n) is 7.41. The third kappa shape index (κ3) is 1.91. The minimum atomic E-state index is -0.208. The molecule has 0 aromatic carbocycles. The van der Waals surface area contributed by atoms with Crippen molar-refractivity contribution in [2.45, 2.75) is 37.6 Å². The van der Waals surface area contributed by atoms with Crippen molar-refractivity contribution in [3.8, 4) is 0 Å². The number of thioether (sulfide) groups is 1. The maximum atomic E-state index is 11.5. The second-order valence-corrected chi connectivity index (χ2v) is 4.60. The van der Waals surface area contributed by atoms with Crippen molar-refractivity contribution in [2.75, 3.05) is 0 Å². The fraction of sp³-hybridized carbons (Fsp3) is 0.857. The number of hydrazone groups is 1. The second-order valence-electron chi connectivity index (χ2n) is 3.55. The van der Waals surface area contributed by atoms with Crippen molar-refractivity contribution in [3.05, 3.63) is 0 Å². The fourth-order valence-electron chi connectivity index (χ4n) is 1.34. The lowest BCUT2D eigenvalue weighted by Crippen LogP contribution is -2.76. The largest absolute Gasteiger partial charge is 0.226 e. The van der Waals surface area contributed by atoms with Crippen molar-refractivity contribution in [2.24, 2.45) is 5.84 Å². The topological polar surface area (TPSA) is 63.1 Å². The molecule has 0 amide bonds. The van der Waals surface area contributed by atoms with Crippen LogP contribution in [0.4, 0.5) is 0 Å². The van der Waals surface area contributed by atoms with E-state index < -0.39 is 0 Å². The number of hydrogen-bond acceptors (Lipinski definition) is 3. The average molecular weight is 189 g/mol. The molecule has 12 heavy (non-hydrogen) atoms. The molecular weight excluding hydrogens is 174 g/mol. The first-order valence-electron chi connectivity index (χ1n) is 3.97. The van der Waals surface area contributed by atoms with Crippen molar-refractivity contribution >= 4 is 17.3 Å². The molecule has 1 unspecified atom stereocenters. The van der Waals surface area contributed by atoms with E-state index in [2.05, 4.69) is 5.10 Å². The predicted molar refractivity (Wildman–Crippen MR) is 48.4 cm³/mol. The smallest absolute Gasteiger partial charge is 0.212 e. The molecule has 1 radical (unpaired) electrons. The Balaban J connectivity index is 2.49. The summed E-state index contributed by atoms with van der Waals surface area (Å²) in [4.78, 5) is 0. The zero-order valence-corrected chi connectivity index (χ0v) is 8.23. The molecule has 1 atom stereocenters. The van der Waals surface area contributed by atoms with E-state index in [0.29, 0.717) is 0 Å². The lowest BCUT2D eigenvalue weighted by atomic mass is 10.0. The van der Waals surface area contributed by atoms with Crippen LogP contribution < -0.4 is 10.9 Å². The number of hydrogen-bond donors (Lipinski definition) is 2. The van der Waals surface area contributed by atoms with E-state index in [0.717, 1.165) is 17.9 Å². The fourth-order valence-corrected chi connectivity index (χ4v) is 2.22. The van der Waals surface area contributed by atoms with Gasteiger partial charge in [-0.3, -0.25) is 0 Å². The Bertz CT molecular complexity index is 183. The van der Waals surface area contributed by atoms with Gasteiger partial charge in [-0.15, -0.1) is 15.4 Å². The molecule has 4 nitrogen and oxygen atoms in total. The summed E-state index contributed by atoms with van der Waals surface area (Å²) in [6, 6.07) is 0. The average Bonchev–Trinajstić information content (AvgIpc) is 2.26. The van der Waals surface area contributed by atoms with E-state index in [9.17, 15) is 5.21 Å². The third-order valence-electron chi connectivity index (χ3n) is 2.15. The normalized spacial score (nSPS) is 30.1. The Morgan fingerprint density at radius 3 is 2.83 bits per heavy atom. The van der Waals surface area contributed by atoms with Crippen LogP contribution in [-0.2, 0) is 5.21 Å². The van der Waals surface area contributed by atoms with Gasteiger partial charge in [-0.25, -0.2) is 5.84 Å². The van der Waals surface area contributed by atoms with Crippen LogP contribution in [0.5, 0.6) is 0 Å². The summed E-state index contributed by atoms with van der Waals surface area (Å²) < 4.78 is 0. The van der Waals surface area contributed by atoms with E-state index in [1.54, 1.807) is 5.55 Å². The summed E-state index contributed by atoms with van der Waals surface area (Å²) in [7, 11) is 0. The molecule has 0 aromatic heterocycles. The number of rotatable bonds is 2. The van der Waals surface area contributed by atoms with Crippen LogP contribution >= 0.6 is 11.8 Å². The molecule has 0 bridgehead atoms. The van der Waals surface area contributed by atoms with Gasteiger partial charge in [0, 0.05) is 5.54 Å². The van der Waals surface area contributed by atoms with Gasteiger partial charge in [0.1, 0.15) is 0 Å². The summed E-state index contributed by atoms with van der Waals surface area (Å²) in [6.07, 6.45) is 1.88. The Morgan fingerprint density at radius 2 is 2.42 bits per heavy atom. The molecule has 1 fully saturated rings. The van der Waals surface area contributed by atoms with Crippen molar-refractivity contribution in [3.63, 3.8) is 0 Å². The molecule has 0 aliphatic carbocycles. The highest BCUT2D eigenvalue weighted by Gasteiger charge is 2.40. The molecule has 0 spiro atoms. The van der Waals surface area contributed by atoms with Gasteiger partial charge in [-0.2, -0.15) is 0 Å². The summed E-state index contributed by atoms with van der Waals surface area (Å²) in [6.45, 7) is 3.94. The molecule has 3 N–H and O–H groups in total. The van der Waals surface area contributed by atoms with Gasteiger partial charge in [-0.05, 0) is 38.5 Å². The zero-order chi connectivity index (χ0) is 9.19. The van der Waals surface area contributed by atoms with Crippen LogP contribution in [0.15, 0.2) is 0 Å². The highest BCUT2D eigenvalue weighted by molar-refractivity contribution is 8.12. The van der Waals surface area contributed by atoms with Crippen molar-refractivity contribution in [1.82, 2.24) is 5.06 Å². The number of nitrogens with zero attached hydrogens (tertiary/aromatic N) is 1. The van der Waals surface area contributed by atoms with Gasteiger partial charge in [0.2, 0.25) is 5.55 Å². The standard InChI is InChI=1S/C7H14N3OS/c1-7(2)4-3-6(10(7)11)12-5-9-8/h5-6H,3-4,8H2,1-2H3/p+1/b9-5-. The first kappa shape index (κ1) is 9.83. The van der Waals surface area contributed by atoms with E-state index in [4.69, 9.17) is 5.84 Å². The van der Waals surface area contributed by atoms with Crippen molar-refractivity contribution in [1.29, 1.82) is 0 Å². The summed E-state index contributed by atoms with van der Waals surface area (Å²) in [5.41, 5.74) is 1.44. The van der Waals surface area contributed by atoms with Crippen LogP contribution in [0.3, 0.4) is 0 Å². The van der Waals surface area contributed by atoms with Gasteiger partial charge in [0.25, 0.3) is 0 Å². The molecule has 1 aliphatic rings. The SMILES string of the molecule is CC1(C)CCC(S/C=[NH+]\N)N1[O]. The van der Waals surface area contributed by atoms with Gasteiger partial charge in [0.05, 0.1) is 5.37 Å². The number of nitrogens with one attached hydrogen (secondary N) is 1. The van der Waals surface area contributed by atoms with Crippen LogP contribution in [0.2, 0.25) is 0 Å². The van der Waals surface area contributed by atoms with Crippen molar-refractivity contribution < 1.29 is 10.3 Å². The molecule has 0 aromatic rings. The van der Waals surface area contributed by atoms with Crippen LogP contribution in [0.1, 0.15) is 26.7 Å². The van der Waals surface area contributed by atoms with Gasteiger partial charge < -0.3 is 0 Å². The second kappa shape index (κ2) is 3.64. The molecule has 1 rings (SSSR count). The Hall–Kier alpha value is -0.260.